The molecule has 0 aliphatic heterocycles. The molecule has 1 aromatic carbocycles. The minimum Gasteiger partial charge on any atom is -0.367 e. The van der Waals surface area contributed by atoms with Crippen molar-refractivity contribution >= 4 is 5.95 Å². The highest BCUT2D eigenvalue weighted by Gasteiger charge is 1.98. The second-order valence-electron chi connectivity index (χ2n) is 3.23. The Kier molecular flexibility index (Phi) is 2.94. The number of aromatic amines is 1. The topological polar surface area (TPSA) is 79.6 Å². The molecule has 0 aliphatic rings. The van der Waals surface area contributed by atoms with Crippen molar-refractivity contribution in [3.05, 3.63) is 41.7 Å². The molecule has 0 bridgehead atoms. The van der Waals surface area contributed by atoms with Crippen LogP contribution in [-0.4, -0.2) is 15.2 Å². The quantitative estimate of drug-likeness (QED) is 0.682. The van der Waals surface area contributed by atoms with Crippen molar-refractivity contribution < 1.29 is 0 Å². The van der Waals surface area contributed by atoms with E-state index in [0.29, 0.717) is 6.54 Å². The number of hydrogen-bond acceptors (Lipinski definition) is 4. The summed E-state index contributed by atoms with van der Waals surface area (Å²) < 4.78 is 0. The molecule has 5 nitrogen and oxygen atoms in total. The van der Waals surface area contributed by atoms with Crippen molar-refractivity contribution in [3.8, 4) is 0 Å². The Morgan fingerprint density at radius 1 is 1.20 bits per heavy atom. The number of nitrogens with one attached hydrogen (secondary N) is 2. The van der Waals surface area contributed by atoms with Gasteiger partial charge in [-0.25, -0.2) is 0 Å². The zero-order chi connectivity index (χ0) is 10.5. The molecule has 0 radical (unpaired) electrons. The standard InChI is InChI=1S/C10H13N5/c11-10-13-9(14-15-10)7-12-6-8-4-2-1-3-5-8/h1-5,12H,6-7H2,(H3,11,13,14,15). The van der Waals surface area contributed by atoms with Gasteiger partial charge in [0.15, 0.2) is 0 Å². The molecule has 1 aromatic heterocycles. The Hall–Kier alpha value is -1.88. The summed E-state index contributed by atoms with van der Waals surface area (Å²) in [6.45, 7) is 1.44. The lowest BCUT2D eigenvalue weighted by Crippen LogP contribution is -2.13. The zero-order valence-electron chi connectivity index (χ0n) is 8.27. The predicted octanol–water partition coefficient (Wildman–Crippen LogP) is 0.677. The molecule has 0 unspecified atom stereocenters. The number of aromatic nitrogens is 3. The lowest BCUT2D eigenvalue weighted by atomic mass is 10.2. The van der Waals surface area contributed by atoms with E-state index in [0.717, 1.165) is 12.4 Å². The first-order chi connectivity index (χ1) is 7.34. The lowest BCUT2D eigenvalue weighted by molar-refractivity contribution is 0.665. The molecule has 0 saturated heterocycles. The summed E-state index contributed by atoms with van der Waals surface area (Å²) in [6.07, 6.45) is 0. The van der Waals surface area contributed by atoms with Crippen LogP contribution in [0.15, 0.2) is 30.3 Å². The van der Waals surface area contributed by atoms with Crippen molar-refractivity contribution in [2.24, 2.45) is 0 Å². The summed E-state index contributed by atoms with van der Waals surface area (Å²) in [4.78, 5) is 3.99. The number of nitrogens with zero attached hydrogens (tertiary/aromatic N) is 2. The minimum absolute atomic E-state index is 0.284. The van der Waals surface area contributed by atoms with Gasteiger partial charge in [0, 0.05) is 6.54 Å². The second kappa shape index (κ2) is 4.56. The fourth-order valence-electron chi connectivity index (χ4n) is 1.31. The average Bonchev–Trinajstić information content (AvgIpc) is 2.66. The Balaban J connectivity index is 1.80. The molecular formula is C10H13N5. The van der Waals surface area contributed by atoms with E-state index in [-0.39, 0.29) is 5.95 Å². The summed E-state index contributed by atoms with van der Waals surface area (Å²) in [6, 6.07) is 10.2. The van der Waals surface area contributed by atoms with Crippen LogP contribution in [0.1, 0.15) is 11.4 Å². The monoisotopic (exact) mass is 203 g/mol. The SMILES string of the molecule is Nc1n[nH]c(CNCc2ccccc2)n1. The summed E-state index contributed by atoms with van der Waals surface area (Å²) in [5.41, 5.74) is 6.62. The first-order valence-electron chi connectivity index (χ1n) is 4.76. The number of nitrogens with two attached hydrogens (primary N) is 1. The van der Waals surface area contributed by atoms with Crippen LogP contribution in [0.5, 0.6) is 0 Å². The first kappa shape index (κ1) is 9.67. The van der Waals surface area contributed by atoms with E-state index in [1.165, 1.54) is 5.56 Å². The molecule has 2 rings (SSSR count). The molecule has 4 N–H and O–H groups in total. The van der Waals surface area contributed by atoms with Gasteiger partial charge in [0.05, 0.1) is 6.54 Å². The molecule has 5 heteroatoms. The van der Waals surface area contributed by atoms with E-state index in [1.807, 2.05) is 18.2 Å². The van der Waals surface area contributed by atoms with Gasteiger partial charge < -0.3 is 11.1 Å². The van der Waals surface area contributed by atoms with Crippen LogP contribution in [0.3, 0.4) is 0 Å². The van der Waals surface area contributed by atoms with Crippen LogP contribution in [0.2, 0.25) is 0 Å². The number of H-pyrrole nitrogens is 1. The summed E-state index contributed by atoms with van der Waals surface area (Å²) in [5.74, 6) is 1.04. The van der Waals surface area contributed by atoms with Crippen LogP contribution >= 0.6 is 0 Å². The van der Waals surface area contributed by atoms with Crippen molar-refractivity contribution in [1.82, 2.24) is 20.5 Å². The summed E-state index contributed by atoms with van der Waals surface area (Å²) in [7, 11) is 0. The van der Waals surface area contributed by atoms with E-state index in [9.17, 15) is 0 Å². The van der Waals surface area contributed by atoms with Crippen molar-refractivity contribution in [1.29, 1.82) is 0 Å². The van der Waals surface area contributed by atoms with Crippen molar-refractivity contribution in [3.63, 3.8) is 0 Å². The van der Waals surface area contributed by atoms with Gasteiger partial charge >= 0.3 is 0 Å². The lowest BCUT2D eigenvalue weighted by Gasteiger charge is -2.01. The summed E-state index contributed by atoms with van der Waals surface area (Å²) in [5, 5.41) is 9.73. The fraction of sp³-hybridized carbons (Fsp3) is 0.200. The molecule has 0 spiro atoms. The average molecular weight is 203 g/mol. The van der Waals surface area contributed by atoms with Gasteiger partial charge in [0.25, 0.3) is 0 Å². The first-order valence-corrected chi connectivity index (χ1v) is 4.76. The number of rotatable bonds is 4. The van der Waals surface area contributed by atoms with Gasteiger partial charge in [-0.2, -0.15) is 4.98 Å². The molecule has 15 heavy (non-hydrogen) atoms. The molecule has 0 fully saturated rings. The van der Waals surface area contributed by atoms with Gasteiger partial charge in [0.1, 0.15) is 5.82 Å². The molecule has 0 saturated carbocycles. The van der Waals surface area contributed by atoms with Gasteiger partial charge in [-0.1, -0.05) is 30.3 Å². The molecule has 0 amide bonds. The smallest absolute Gasteiger partial charge is 0.239 e. The van der Waals surface area contributed by atoms with E-state index in [4.69, 9.17) is 5.73 Å². The Morgan fingerprint density at radius 2 is 2.00 bits per heavy atom. The second-order valence-corrected chi connectivity index (χ2v) is 3.23. The third kappa shape index (κ3) is 2.78. The Labute approximate surface area is 87.7 Å². The maximum absolute atomic E-state index is 5.38. The number of nitrogen functional groups attached to an aromatic ring is 1. The zero-order valence-corrected chi connectivity index (χ0v) is 8.27. The highest BCUT2D eigenvalue weighted by molar-refractivity contribution is 5.15. The minimum atomic E-state index is 0.284. The molecular weight excluding hydrogens is 190 g/mol. The third-order valence-electron chi connectivity index (χ3n) is 2.01. The van der Waals surface area contributed by atoms with Gasteiger partial charge in [0.2, 0.25) is 5.95 Å². The van der Waals surface area contributed by atoms with Crippen LogP contribution in [0.25, 0.3) is 0 Å². The van der Waals surface area contributed by atoms with Crippen molar-refractivity contribution in [2.75, 3.05) is 5.73 Å². The molecule has 2 aromatic rings. The van der Waals surface area contributed by atoms with E-state index in [1.54, 1.807) is 0 Å². The maximum atomic E-state index is 5.38. The van der Waals surface area contributed by atoms with Crippen LogP contribution in [0, 0.1) is 0 Å². The Bertz CT molecular complexity index is 409. The molecule has 1 heterocycles. The van der Waals surface area contributed by atoms with Crippen LogP contribution in [0.4, 0.5) is 5.95 Å². The molecule has 0 atom stereocenters. The highest BCUT2D eigenvalue weighted by Crippen LogP contribution is 1.98. The largest absolute Gasteiger partial charge is 0.367 e. The van der Waals surface area contributed by atoms with Gasteiger partial charge in [-0.3, -0.25) is 5.10 Å². The third-order valence-corrected chi connectivity index (χ3v) is 2.01. The van der Waals surface area contributed by atoms with E-state index in [2.05, 4.69) is 32.6 Å². The van der Waals surface area contributed by atoms with Gasteiger partial charge in [-0.05, 0) is 5.56 Å². The summed E-state index contributed by atoms with van der Waals surface area (Å²) >= 11 is 0. The number of benzene rings is 1. The number of hydrogen-bond donors (Lipinski definition) is 3. The van der Waals surface area contributed by atoms with E-state index >= 15 is 0 Å². The molecule has 78 valence electrons. The highest BCUT2D eigenvalue weighted by atomic mass is 15.3. The van der Waals surface area contributed by atoms with Crippen molar-refractivity contribution in [2.45, 2.75) is 13.1 Å². The van der Waals surface area contributed by atoms with Crippen LogP contribution in [-0.2, 0) is 13.1 Å². The van der Waals surface area contributed by atoms with E-state index < -0.39 is 0 Å². The maximum Gasteiger partial charge on any atom is 0.239 e. The number of anilines is 1. The predicted molar refractivity (Wildman–Crippen MR) is 57.8 cm³/mol. The normalized spacial score (nSPS) is 10.4. The van der Waals surface area contributed by atoms with Crippen LogP contribution < -0.4 is 11.1 Å². The Morgan fingerprint density at radius 3 is 2.67 bits per heavy atom. The fourth-order valence-corrected chi connectivity index (χ4v) is 1.31. The van der Waals surface area contributed by atoms with Gasteiger partial charge in [-0.15, -0.1) is 5.10 Å². The molecule has 0 aliphatic carbocycles.